The fraction of sp³-hybridized carbons (Fsp3) is 0.130. The number of hydrogen-bond donors (Lipinski definition) is 1. The normalized spacial score (nSPS) is 10.8. The van der Waals surface area contributed by atoms with Gasteiger partial charge in [-0.05, 0) is 61.0 Å². The number of fused-ring (bicyclic) bond motifs is 1. The fourth-order valence-electron chi connectivity index (χ4n) is 3.17. The topological polar surface area (TPSA) is 56.3 Å². The third-order valence-electron chi connectivity index (χ3n) is 4.69. The van der Waals surface area contributed by atoms with Crippen molar-refractivity contribution in [2.24, 2.45) is 0 Å². The number of nitrogens with one attached hydrogen (secondary N) is 1. The quantitative estimate of drug-likeness (QED) is 0.397. The largest absolute Gasteiger partial charge is 0.493 e. The van der Waals surface area contributed by atoms with Gasteiger partial charge in [-0.2, -0.15) is 0 Å². The van der Waals surface area contributed by atoms with E-state index in [1.54, 1.807) is 14.2 Å². The molecule has 1 heterocycles. The fourth-order valence-corrected chi connectivity index (χ4v) is 3.65. The third-order valence-corrected chi connectivity index (χ3v) is 5.18. The maximum Gasteiger partial charge on any atom is 0.162 e. The highest BCUT2D eigenvalue weighted by molar-refractivity contribution is 9.10. The van der Waals surface area contributed by atoms with Gasteiger partial charge in [0.2, 0.25) is 0 Å². The highest BCUT2D eigenvalue weighted by atomic mass is 79.9. The Bertz CT molecular complexity index is 1190. The van der Waals surface area contributed by atoms with E-state index in [0.717, 1.165) is 38.0 Å². The molecule has 0 amide bonds. The van der Waals surface area contributed by atoms with Crippen LogP contribution >= 0.6 is 15.9 Å². The van der Waals surface area contributed by atoms with E-state index in [9.17, 15) is 0 Å². The number of para-hydroxylation sites is 1. The van der Waals surface area contributed by atoms with Crippen molar-refractivity contribution >= 4 is 38.3 Å². The predicted molar refractivity (Wildman–Crippen MR) is 120 cm³/mol. The van der Waals surface area contributed by atoms with Gasteiger partial charge >= 0.3 is 0 Å². The summed E-state index contributed by atoms with van der Waals surface area (Å²) in [6, 6.07) is 19.8. The van der Waals surface area contributed by atoms with Gasteiger partial charge in [0.05, 0.1) is 19.7 Å². The van der Waals surface area contributed by atoms with Gasteiger partial charge in [0.15, 0.2) is 17.3 Å². The Morgan fingerprint density at radius 3 is 2.41 bits per heavy atom. The summed E-state index contributed by atoms with van der Waals surface area (Å²) in [5.41, 5.74) is 3.83. The predicted octanol–water partition coefficient (Wildman–Crippen LogP) is 6.13. The van der Waals surface area contributed by atoms with E-state index in [2.05, 4.69) is 34.2 Å². The van der Waals surface area contributed by atoms with E-state index in [1.807, 2.05) is 54.6 Å². The number of methoxy groups -OCH3 is 2. The second-order valence-corrected chi connectivity index (χ2v) is 7.48. The molecule has 1 aromatic heterocycles. The molecule has 0 radical (unpaired) electrons. The number of halogens is 1. The molecule has 0 atom stereocenters. The number of aromatic nitrogens is 2. The Morgan fingerprint density at radius 2 is 1.66 bits per heavy atom. The van der Waals surface area contributed by atoms with E-state index in [4.69, 9.17) is 19.4 Å². The Hall–Kier alpha value is -3.12. The monoisotopic (exact) mass is 449 g/mol. The zero-order chi connectivity index (χ0) is 20.4. The van der Waals surface area contributed by atoms with E-state index in [-0.39, 0.29) is 0 Å². The molecule has 0 unspecified atom stereocenters. The van der Waals surface area contributed by atoms with Gasteiger partial charge in [-0.3, -0.25) is 0 Å². The Morgan fingerprint density at radius 1 is 0.862 bits per heavy atom. The Labute approximate surface area is 177 Å². The van der Waals surface area contributed by atoms with Crippen molar-refractivity contribution in [2.75, 3.05) is 19.5 Å². The van der Waals surface area contributed by atoms with Crippen LogP contribution in [-0.4, -0.2) is 24.2 Å². The van der Waals surface area contributed by atoms with Gasteiger partial charge in [0.1, 0.15) is 5.82 Å². The standard InChI is InChI=1S/C23H20BrN3O2/c1-14-12-16(24)9-10-18(14)25-23-17-6-4-5-7-19(17)26-22(27-23)15-8-11-20(28-2)21(13-15)29-3/h4-13H,1-3H3,(H,25,26,27). The van der Waals surface area contributed by atoms with Crippen LogP contribution in [0.25, 0.3) is 22.3 Å². The third kappa shape index (κ3) is 3.89. The zero-order valence-electron chi connectivity index (χ0n) is 16.4. The molecule has 146 valence electrons. The Kier molecular flexibility index (Phi) is 5.36. The van der Waals surface area contributed by atoms with Gasteiger partial charge in [0.25, 0.3) is 0 Å². The molecule has 5 nitrogen and oxygen atoms in total. The summed E-state index contributed by atoms with van der Waals surface area (Å²) in [4.78, 5) is 9.59. The first-order valence-electron chi connectivity index (χ1n) is 9.11. The maximum absolute atomic E-state index is 5.44. The lowest BCUT2D eigenvalue weighted by Gasteiger charge is -2.14. The molecule has 4 aromatic rings. The number of rotatable bonds is 5. The minimum atomic E-state index is 0.613. The minimum absolute atomic E-state index is 0.613. The van der Waals surface area contributed by atoms with E-state index in [0.29, 0.717) is 17.3 Å². The number of nitrogens with zero attached hydrogens (tertiary/aromatic N) is 2. The SMILES string of the molecule is COc1ccc(-c2nc(Nc3ccc(Br)cc3C)c3ccccc3n2)cc1OC. The smallest absolute Gasteiger partial charge is 0.162 e. The van der Waals surface area contributed by atoms with Crippen LogP contribution < -0.4 is 14.8 Å². The van der Waals surface area contributed by atoms with Gasteiger partial charge in [-0.25, -0.2) is 9.97 Å². The molecule has 0 aliphatic carbocycles. The highest BCUT2D eigenvalue weighted by Gasteiger charge is 2.13. The molecule has 4 rings (SSSR count). The van der Waals surface area contributed by atoms with Gasteiger partial charge < -0.3 is 14.8 Å². The van der Waals surface area contributed by atoms with Crippen molar-refractivity contribution in [3.8, 4) is 22.9 Å². The molecule has 29 heavy (non-hydrogen) atoms. The Balaban J connectivity index is 1.85. The van der Waals surface area contributed by atoms with Gasteiger partial charge in [-0.1, -0.05) is 28.1 Å². The first kappa shape index (κ1) is 19.2. The maximum atomic E-state index is 5.44. The highest BCUT2D eigenvalue weighted by Crippen LogP contribution is 2.33. The second kappa shape index (κ2) is 8.09. The molecular weight excluding hydrogens is 430 g/mol. The molecule has 0 aliphatic heterocycles. The van der Waals surface area contributed by atoms with Crippen molar-refractivity contribution in [1.82, 2.24) is 9.97 Å². The molecule has 6 heteroatoms. The van der Waals surface area contributed by atoms with Crippen LogP contribution in [0.1, 0.15) is 5.56 Å². The number of benzene rings is 3. The first-order valence-corrected chi connectivity index (χ1v) is 9.90. The van der Waals surface area contributed by atoms with Crippen molar-refractivity contribution < 1.29 is 9.47 Å². The molecule has 0 fully saturated rings. The molecule has 0 spiro atoms. The van der Waals surface area contributed by atoms with Gasteiger partial charge in [-0.15, -0.1) is 0 Å². The number of aryl methyl sites for hydroxylation is 1. The van der Waals surface area contributed by atoms with Crippen molar-refractivity contribution in [3.63, 3.8) is 0 Å². The lowest BCUT2D eigenvalue weighted by molar-refractivity contribution is 0.355. The van der Waals surface area contributed by atoms with Crippen LogP contribution in [0.2, 0.25) is 0 Å². The number of anilines is 2. The average molecular weight is 450 g/mol. The molecule has 0 aliphatic rings. The van der Waals surface area contributed by atoms with Crippen molar-refractivity contribution in [2.45, 2.75) is 6.92 Å². The summed E-state index contributed by atoms with van der Waals surface area (Å²) in [6.45, 7) is 2.06. The van der Waals surface area contributed by atoms with E-state index >= 15 is 0 Å². The van der Waals surface area contributed by atoms with Crippen molar-refractivity contribution in [1.29, 1.82) is 0 Å². The summed E-state index contributed by atoms with van der Waals surface area (Å²) in [5, 5.41) is 4.43. The van der Waals surface area contributed by atoms with E-state index in [1.165, 1.54) is 0 Å². The molecule has 0 saturated heterocycles. The number of hydrogen-bond acceptors (Lipinski definition) is 5. The lowest BCUT2D eigenvalue weighted by atomic mass is 10.1. The molecule has 0 bridgehead atoms. The van der Waals surface area contributed by atoms with Crippen LogP contribution in [0.3, 0.4) is 0 Å². The second-order valence-electron chi connectivity index (χ2n) is 6.57. The number of ether oxygens (including phenoxy) is 2. The van der Waals surface area contributed by atoms with Crippen LogP contribution in [0.5, 0.6) is 11.5 Å². The zero-order valence-corrected chi connectivity index (χ0v) is 17.9. The molecule has 0 saturated carbocycles. The molecule has 3 aromatic carbocycles. The van der Waals surface area contributed by atoms with Crippen LogP contribution in [0, 0.1) is 6.92 Å². The van der Waals surface area contributed by atoms with Crippen molar-refractivity contribution in [3.05, 3.63) is 70.7 Å². The van der Waals surface area contributed by atoms with Crippen LogP contribution in [0.4, 0.5) is 11.5 Å². The van der Waals surface area contributed by atoms with Crippen LogP contribution in [0.15, 0.2) is 65.1 Å². The summed E-state index contributed by atoms with van der Waals surface area (Å²) >= 11 is 3.51. The summed E-state index contributed by atoms with van der Waals surface area (Å²) in [6.07, 6.45) is 0. The van der Waals surface area contributed by atoms with Crippen LogP contribution in [-0.2, 0) is 0 Å². The molecular formula is C23H20BrN3O2. The minimum Gasteiger partial charge on any atom is -0.493 e. The summed E-state index contributed by atoms with van der Waals surface area (Å²) in [5.74, 6) is 2.67. The lowest BCUT2D eigenvalue weighted by Crippen LogP contribution is -2.01. The van der Waals surface area contributed by atoms with Gasteiger partial charge in [0, 0.05) is 21.1 Å². The summed E-state index contributed by atoms with van der Waals surface area (Å²) in [7, 11) is 3.23. The first-order chi connectivity index (χ1) is 14.1. The summed E-state index contributed by atoms with van der Waals surface area (Å²) < 4.78 is 11.8. The molecule has 1 N–H and O–H groups in total. The van der Waals surface area contributed by atoms with E-state index < -0.39 is 0 Å². The average Bonchev–Trinajstić information content (AvgIpc) is 2.75.